The lowest BCUT2D eigenvalue weighted by atomic mass is 9.69. The van der Waals surface area contributed by atoms with E-state index in [4.69, 9.17) is 52.1 Å². The number of ether oxygens (including phenoxy) is 15. The number of hydrogen-bond donors (Lipinski definition) is 0. The Morgan fingerprint density at radius 1 is 0.341 bits per heavy atom. The molecule has 10 aliphatic heterocycles. The lowest BCUT2D eigenvalue weighted by Crippen LogP contribution is -2.69. The predicted octanol–water partition coefficient (Wildman–Crippen LogP) is 11.2. The molecule has 18 bridgehead atoms. The molecule has 22 rings (SSSR count). The van der Waals surface area contributed by atoms with Gasteiger partial charge in [-0.25, -0.2) is 8.78 Å². The van der Waals surface area contributed by atoms with Gasteiger partial charge in [0.2, 0.25) is 0 Å². The summed E-state index contributed by atoms with van der Waals surface area (Å²) in [6.07, 6.45) is -34.5. The molecule has 0 aromatic heterocycles. The van der Waals surface area contributed by atoms with Crippen LogP contribution < -0.4 is 0 Å². The molecule has 18 fully saturated rings. The number of carbonyl (C=O) groups excluding carboxylic acids is 12. The quantitative estimate of drug-likeness (QED) is 0.0359. The topological polar surface area (TPSA) is 343 Å². The van der Waals surface area contributed by atoms with Gasteiger partial charge in [0.05, 0.1) is 108 Å². The highest BCUT2D eigenvalue weighted by Crippen LogP contribution is 2.70. The number of fused-ring (bicyclic) bond motifs is 19. The second-order valence-corrected chi connectivity index (χ2v) is 39.5. The molecule has 0 N–H and O–H groups in total. The third kappa shape index (κ3) is 15.0. The number of esters is 12. The van der Waals surface area contributed by atoms with Gasteiger partial charge in [-0.3, -0.25) is 57.5 Å². The fraction of sp³-hybridized carbons (Fsp3) is 0.765. The summed E-state index contributed by atoms with van der Waals surface area (Å²) in [5.41, 5.74) is -11.6. The number of carbonyl (C=O) groups is 12. The molecule has 0 aromatic carbocycles. The Hall–Kier alpha value is -9.34. The molecule has 22 aliphatic rings. The molecular weight excluding hydrogens is 1950 g/mol. The summed E-state index contributed by atoms with van der Waals surface area (Å²) in [7, 11) is 0. The van der Waals surface area contributed by atoms with Crippen molar-refractivity contribution in [3.05, 3.63) is 48.6 Å². The van der Waals surface area contributed by atoms with Gasteiger partial charge >= 0.3 is 138 Å². The van der Waals surface area contributed by atoms with Crippen molar-refractivity contribution in [1.29, 1.82) is 0 Å². The summed E-state index contributed by atoms with van der Waals surface area (Å²) in [6, 6.07) is 0. The Labute approximate surface area is 756 Å². The normalized spacial score (nSPS) is 42.5. The minimum atomic E-state index is -7.13. The summed E-state index contributed by atoms with van der Waals surface area (Å²) >= 11 is 0. The molecule has 760 valence electrons. The van der Waals surface area contributed by atoms with Crippen LogP contribution in [0.15, 0.2) is 48.6 Å². The van der Waals surface area contributed by atoms with Crippen molar-refractivity contribution in [3.63, 3.8) is 0 Å². The maximum absolute atomic E-state index is 13.8. The van der Waals surface area contributed by atoms with Gasteiger partial charge in [0.15, 0.2) is 13.2 Å². The lowest BCUT2D eigenvalue weighted by Gasteiger charge is -2.39. The minimum Gasteiger partial charge on any atom is -0.459 e. The fourth-order valence-electron chi connectivity index (χ4n) is 27.0. The zero-order valence-electron chi connectivity index (χ0n) is 70.1. The van der Waals surface area contributed by atoms with Gasteiger partial charge in [-0.05, 0) is 107 Å². The average Bonchev–Trinajstić information content (AvgIpc) is 1.66. The van der Waals surface area contributed by atoms with Crippen LogP contribution in [0.2, 0.25) is 0 Å². The van der Waals surface area contributed by atoms with Gasteiger partial charge in [0.1, 0.15) is 48.8 Å². The molecule has 0 spiro atoms. The van der Waals surface area contributed by atoms with E-state index in [-0.39, 0.29) is 68.7 Å². The Kier molecular flexibility index (Phi) is 23.0. The van der Waals surface area contributed by atoms with Gasteiger partial charge in [-0.1, -0.05) is 48.6 Å². The first-order valence-electron chi connectivity index (χ1n) is 44.0. The van der Waals surface area contributed by atoms with Crippen LogP contribution in [0.1, 0.15) is 71.1 Å². The first-order chi connectivity index (χ1) is 64.1. The van der Waals surface area contributed by atoms with Crippen molar-refractivity contribution < 1.29 is 243 Å². The number of allylic oxidation sites excluding steroid dienone is 2. The highest BCUT2D eigenvalue weighted by atomic mass is 19.4. The van der Waals surface area contributed by atoms with E-state index < -0.39 is 325 Å². The maximum Gasteiger partial charge on any atom is 0.447 e. The van der Waals surface area contributed by atoms with Gasteiger partial charge < -0.3 is 71.1 Å². The molecular formula is C85H76F26O27. The van der Waals surface area contributed by atoms with E-state index in [1.54, 1.807) is 36.5 Å². The largest absolute Gasteiger partial charge is 0.459 e. The van der Waals surface area contributed by atoms with Crippen LogP contribution in [-0.2, 0) is 129 Å². The van der Waals surface area contributed by atoms with E-state index in [9.17, 15) is 172 Å². The van der Waals surface area contributed by atoms with E-state index in [1.165, 1.54) is 6.42 Å². The standard InChI is InChI=1S/C24H25F3O6.C21H18F8O7.C20H15F9O7.C20H18F6O7/c25-24(26,27)7-31-22(29)17-13-6-14-18(17)23(30)33-20(14)19(13)32-21(28)12-5-10-4-11(12)16-9-2-1-8(3-9)15(10)16;22-18(23)20(26,27)21(28,29)19(24,25)5-33-16(31)11-8-4-9-12(11)17(32)36-14(9)13(8)35-15(30)7-3-6-1-2-10(7)34-6;21-18(22,23)17(19(24,25)26,20(27,28)29)36-16(32)11-8-4-7-10(11)15(31)35-13(7)12(8)34-14(30)6-3-5-1-2-9(6)33-5;1-18(19(21,22)23,20(24,25)26)33-17(29)12-9-5-8-11(12)16(28)32-14(8)13(9)31-15(27)7-4-6-2-3-10(7)30-6/h1-2,8-20H,3-7H2;1-2,6-14,18H,3-5H2;1-2,5-13H,3-4H2;2-3,6-14H,4-5H2,1H3. The number of rotatable bonds is 20. The van der Waals surface area contributed by atoms with Crippen LogP contribution in [0.25, 0.3) is 0 Å². The smallest absolute Gasteiger partial charge is 0.447 e. The fourth-order valence-corrected chi connectivity index (χ4v) is 27.0. The van der Waals surface area contributed by atoms with Gasteiger partial charge in [-0.15, -0.1) is 0 Å². The van der Waals surface area contributed by atoms with E-state index in [1.807, 2.05) is 0 Å². The van der Waals surface area contributed by atoms with Crippen molar-refractivity contribution in [2.24, 2.45) is 154 Å². The first-order valence-corrected chi connectivity index (χ1v) is 44.0. The van der Waals surface area contributed by atoms with E-state index in [2.05, 4.69) is 31.1 Å². The molecule has 10 heterocycles. The number of alkyl halides is 26. The van der Waals surface area contributed by atoms with Gasteiger partial charge in [0, 0.05) is 47.3 Å². The Morgan fingerprint density at radius 2 is 0.659 bits per heavy atom. The van der Waals surface area contributed by atoms with Crippen molar-refractivity contribution in [3.8, 4) is 0 Å². The highest BCUT2D eigenvalue weighted by Gasteiger charge is 2.89. The maximum atomic E-state index is 13.8. The van der Waals surface area contributed by atoms with E-state index in [0.29, 0.717) is 54.8 Å². The summed E-state index contributed by atoms with van der Waals surface area (Å²) in [4.78, 5) is 151. The summed E-state index contributed by atoms with van der Waals surface area (Å²) in [5, 5.41) is 0. The highest BCUT2D eigenvalue weighted by molar-refractivity contribution is 5.90. The Bertz CT molecular complexity index is 5090. The molecule has 53 heteroatoms. The van der Waals surface area contributed by atoms with Gasteiger partial charge in [0.25, 0.3) is 5.60 Å². The predicted molar refractivity (Wildman–Crippen MR) is 381 cm³/mol. The molecule has 40 unspecified atom stereocenters. The summed E-state index contributed by atoms with van der Waals surface area (Å²) < 4.78 is 417. The summed E-state index contributed by atoms with van der Waals surface area (Å²) in [6.45, 7) is -4.62. The summed E-state index contributed by atoms with van der Waals surface area (Å²) in [5.74, 6) is -48.9. The molecule has 0 amide bonds. The molecule has 138 heavy (non-hydrogen) atoms. The van der Waals surface area contributed by atoms with Crippen LogP contribution in [0.3, 0.4) is 0 Å². The minimum absolute atomic E-state index is 0.0701. The van der Waals surface area contributed by atoms with E-state index in [0.717, 1.165) is 12.8 Å². The Morgan fingerprint density at radius 3 is 0.964 bits per heavy atom. The Balaban J connectivity index is 0.000000118. The first kappa shape index (κ1) is 97.5. The van der Waals surface area contributed by atoms with Crippen molar-refractivity contribution in [2.75, 3.05) is 13.2 Å². The molecule has 12 aliphatic carbocycles. The molecule has 0 radical (unpaired) electrons. The third-order valence-corrected chi connectivity index (χ3v) is 32.7. The monoisotopic (exact) mass is 2020 g/mol. The second-order valence-electron chi connectivity index (χ2n) is 39.5. The average molecular weight is 2020 g/mol. The van der Waals surface area contributed by atoms with Crippen molar-refractivity contribution >= 4 is 71.6 Å². The van der Waals surface area contributed by atoms with Crippen molar-refractivity contribution in [2.45, 2.75) is 229 Å². The van der Waals surface area contributed by atoms with Crippen LogP contribution in [0.4, 0.5) is 114 Å². The molecule has 11 saturated carbocycles. The zero-order chi connectivity index (χ0) is 99.8. The number of hydrogen-bond acceptors (Lipinski definition) is 27. The van der Waals surface area contributed by atoms with Crippen molar-refractivity contribution in [1.82, 2.24) is 0 Å². The zero-order valence-corrected chi connectivity index (χ0v) is 70.1. The number of halogens is 26. The molecule has 0 aromatic rings. The SMILES string of the molecule is CC(OC(=O)C1C2CC3C(OC(=O)C31)C2OC(=O)C1CC2C=CC1O2)(C(F)(F)F)C(F)(F)F.O=C(OC1C2CC3C1OC(=O)C3C2C(=O)OC(C(F)(F)F)(C(F)(F)F)C(F)(F)F)C1CC2C=CC1O2.O=C(OC1C2CC3C1OC(=O)C3C2C(=O)OCC(F)(F)C(F)(F)C(F)(F)C(F)F)C1CC2C=CC1O2.O=C(OC1C2CC3C1OC(=O)C3C2C(=O)OCC(F)(F)F)C1CC2CC1C1C3C=CC(C3)C21. The van der Waals surface area contributed by atoms with Gasteiger partial charge in [-0.2, -0.15) is 105 Å². The molecule has 7 saturated heterocycles. The lowest BCUT2D eigenvalue weighted by molar-refractivity contribution is -0.447. The molecule has 40 atom stereocenters. The third-order valence-electron chi connectivity index (χ3n) is 32.7. The van der Waals surface area contributed by atoms with E-state index >= 15 is 0 Å². The van der Waals surface area contributed by atoms with Crippen LogP contribution in [-0.4, -0.2) is 243 Å². The second kappa shape index (κ2) is 32.6. The van der Waals surface area contributed by atoms with Crippen LogP contribution in [0.5, 0.6) is 0 Å². The van der Waals surface area contributed by atoms with Crippen LogP contribution in [0, 0.1) is 154 Å². The molecule has 27 nitrogen and oxygen atoms in total. The van der Waals surface area contributed by atoms with Crippen LogP contribution >= 0.6 is 0 Å².